The number of H-pyrrole nitrogens is 1. The van der Waals surface area contributed by atoms with Gasteiger partial charge in [0.1, 0.15) is 22.8 Å². The number of aromatic amines is 1. The Morgan fingerprint density at radius 1 is 1.12 bits per heavy atom. The van der Waals surface area contributed by atoms with Gasteiger partial charge in [-0.2, -0.15) is 0 Å². The molecule has 2 heterocycles. The Bertz CT molecular complexity index is 1020. The monoisotopic (exact) mass is 346 g/mol. The Hall–Kier alpha value is -3.41. The highest BCUT2D eigenvalue weighted by Gasteiger charge is 2.21. The second kappa shape index (κ2) is 6.84. The predicted molar refractivity (Wildman–Crippen MR) is 98.8 cm³/mol. The average Bonchev–Trinajstić information content (AvgIpc) is 3.25. The predicted octanol–water partition coefficient (Wildman–Crippen LogP) is 3.50. The lowest BCUT2D eigenvalue weighted by atomic mass is 10.1. The van der Waals surface area contributed by atoms with Crippen molar-refractivity contribution in [2.75, 3.05) is 6.54 Å². The molecule has 0 radical (unpaired) electrons. The van der Waals surface area contributed by atoms with Crippen molar-refractivity contribution in [2.24, 2.45) is 0 Å². The minimum absolute atomic E-state index is 0.196. The first-order chi connectivity index (χ1) is 12.7. The van der Waals surface area contributed by atoms with E-state index in [1.54, 1.807) is 6.92 Å². The van der Waals surface area contributed by atoms with E-state index < -0.39 is 0 Å². The number of hydrogen-bond acceptors (Lipinski definition) is 4. The quantitative estimate of drug-likeness (QED) is 0.579. The lowest BCUT2D eigenvalue weighted by Gasteiger charge is -2.05. The molecule has 6 nitrogen and oxygen atoms in total. The molecule has 2 aromatic carbocycles. The van der Waals surface area contributed by atoms with Crippen LogP contribution in [0.5, 0.6) is 0 Å². The summed E-state index contributed by atoms with van der Waals surface area (Å²) in [5, 5.41) is 6.98. The largest absolute Gasteiger partial charge is 0.360 e. The number of carbonyl (C=O) groups excluding carboxylic acids is 1. The van der Waals surface area contributed by atoms with E-state index >= 15 is 0 Å². The molecule has 0 spiro atoms. The number of para-hydroxylation sites is 2. The normalized spacial score (nSPS) is 11.0. The van der Waals surface area contributed by atoms with Crippen molar-refractivity contribution >= 4 is 16.9 Å². The highest BCUT2D eigenvalue weighted by Crippen LogP contribution is 2.24. The maximum Gasteiger partial charge on any atom is 0.257 e. The number of fused-ring (bicyclic) bond motifs is 1. The molecule has 0 aliphatic heterocycles. The lowest BCUT2D eigenvalue weighted by molar-refractivity contribution is 0.0953. The standard InChI is InChI=1S/C20H18N4O2/c1-13-18(19(24-26-13)14-7-3-2-4-8-14)20(25)21-12-11-17-22-15-9-5-6-10-16(15)23-17/h2-10H,11-12H2,1H3,(H,21,25)(H,22,23). The summed E-state index contributed by atoms with van der Waals surface area (Å²) in [6.45, 7) is 2.21. The highest BCUT2D eigenvalue weighted by atomic mass is 16.5. The van der Waals surface area contributed by atoms with Gasteiger partial charge in [0.05, 0.1) is 11.0 Å². The molecule has 2 N–H and O–H groups in total. The second-order valence-electron chi connectivity index (χ2n) is 6.03. The zero-order valence-corrected chi connectivity index (χ0v) is 14.3. The van der Waals surface area contributed by atoms with Gasteiger partial charge in [0.15, 0.2) is 0 Å². The van der Waals surface area contributed by atoms with Crippen LogP contribution in [0.2, 0.25) is 0 Å². The van der Waals surface area contributed by atoms with Crippen LogP contribution in [0.3, 0.4) is 0 Å². The van der Waals surface area contributed by atoms with E-state index in [2.05, 4.69) is 20.4 Å². The van der Waals surface area contributed by atoms with Crippen LogP contribution in [0.1, 0.15) is 21.9 Å². The lowest BCUT2D eigenvalue weighted by Crippen LogP contribution is -2.26. The first-order valence-corrected chi connectivity index (χ1v) is 8.46. The van der Waals surface area contributed by atoms with Crippen LogP contribution in [0.25, 0.3) is 22.3 Å². The van der Waals surface area contributed by atoms with Crippen LogP contribution in [0.4, 0.5) is 0 Å². The van der Waals surface area contributed by atoms with Gasteiger partial charge in [0.25, 0.3) is 5.91 Å². The number of aromatic nitrogens is 3. The third-order valence-corrected chi connectivity index (χ3v) is 4.22. The van der Waals surface area contributed by atoms with E-state index in [0.717, 1.165) is 22.4 Å². The third kappa shape index (κ3) is 3.09. The van der Waals surface area contributed by atoms with Gasteiger partial charge in [-0.3, -0.25) is 4.79 Å². The van der Waals surface area contributed by atoms with Crippen molar-refractivity contribution in [2.45, 2.75) is 13.3 Å². The molecule has 2 aromatic heterocycles. The van der Waals surface area contributed by atoms with Crippen molar-refractivity contribution in [3.8, 4) is 11.3 Å². The SMILES string of the molecule is Cc1onc(-c2ccccc2)c1C(=O)NCCc1nc2ccccc2[nH]1. The smallest absolute Gasteiger partial charge is 0.257 e. The second-order valence-corrected chi connectivity index (χ2v) is 6.03. The molecule has 0 saturated heterocycles. The fourth-order valence-electron chi connectivity index (χ4n) is 2.94. The van der Waals surface area contributed by atoms with Crippen LogP contribution in [-0.4, -0.2) is 27.6 Å². The molecule has 0 fully saturated rings. The van der Waals surface area contributed by atoms with Crippen molar-refractivity contribution in [3.05, 3.63) is 71.7 Å². The molecule has 0 aliphatic rings. The van der Waals surface area contributed by atoms with Crippen LogP contribution < -0.4 is 5.32 Å². The van der Waals surface area contributed by atoms with Crippen molar-refractivity contribution in [3.63, 3.8) is 0 Å². The molecule has 4 rings (SSSR count). The van der Waals surface area contributed by atoms with E-state index in [-0.39, 0.29) is 5.91 Å². The van der Waals surface area contributed by atoms with E-state index in [0.29, 0.717) is 30.0 Å². The summed E-state index contributed by atoms with van der Waals surface area (Å²) >= 11 is 0. The number of aryl methyl sites for hydroxylation is 1. The number of amides is 1. The summed E-state index contributed by atoms with van der Waals surface area (Å²) < 4.78 is 5.25. The number of hydrogen-bond donors (Lipinski definition) is 2. The summed E-state index contributed by atoms with van der Waals surface area (Å²) in [6, 6.07) is 17.4. The van der Waals surface area contributed by atoms with Gasteiger partial charge in [-0.25, -0.2) is 4.98 Å². The van der Waals surface area contributed by atoms with Gasteiger partial charge >= 0.3 is 0 Å². The third-order valence-electron chi connectivity index (χ3n) is 4.22. The minimum atomic E-state index is -0.196. The van der Waals surface area contributed by atoms with Gasteiger partial charge in [0, 0.05) is 18.5 Å². The summed E-state index contributed by atoms with van der Waals surface area (Å²) in [4.78, 5) is 20.4. The van der Waals surface area contributed by atoms with Crippen LogP contribution in [0, 0.1) is 6.92 Å². The number of benzene rings is 2. The average molecular weight is 346 g/mol. The molecule has 4 aromatic rings. The van der Waals surface area contributed by atoms with Gasteiger partial charge in [-0.1, -0.05) is 47.6 Å². The maximum absolute atomic E-state index is 12.6. The number of carbonyl (C=O) groups is 1. The summed E-state index contributed by atoms with van der Waals surface area (Å²) in [5.41, 5.74) is 3.81. The molecule has 0 atom stereocenters. The number of rotatable bonds is 5. The minimum Gasteiger partial charge on any atom is -0.360 e. The number of imidazole rings is 1. The van der Waals surface area contributed by atoms with E-state index in [1.807, 2.05) is 54.6 Å². The fraction of sp³-hybridized carbons (Fsp3) is 0.150. The highest BCUT2D eigenvalue weighted by molar-refractivity contribution is 6.00. The van der Waals surface area contributed by atoms with Crippen LogP contribution in [0.15, 0.2) is 59.1 Å². The molecule has 6 heteroatoms. The summed E-state index contributed by atoms with van der Waals surface area (Å²) in [7, 11) is 0. The van der Waals surface area contributed by atoms with Crippen LogP contribution in [-0.2, 0) is 6.42 Å². The van der Waals surface area contributed by atoms with Crippen molar-refractivity contribution in [1.29, 1.82) is 0 Å². The molecule has 130 valence electrons. The molecule has 26 heavy (non-hydrogen) atoms. The van der Waals surface area contributed by atoms with Crippen molar-refractivity contribution < 1.29 is 9.32 Å². The number of nitrogens with one attached hydrogen (secondary N) is 2. The maximum atomic E-state index is 12.6. The van der Waals surface area contributed by atoms with E-state index in [9.17, 15) is 4.79 Å². The Kier molecular flexibility index (Phi) is 4.23. The van der Waals surface area contributed by atoms with Gasteiger partial charge in [-0.15, -0.1) is 0 Å². The van der Waals surface area contributed by atoms with Crippen LogP contribution >= 0.6 is 0 Å². The molecule has 1 amide bonds. The Morgan fingerprint density at radius 2 is 1.88 bits per heavy atom. The van der Waals surface area contributed by atoms with E-state index in [1.165, 1.54) is 0 Å². The molecule has 0 saturated carbocycles. The van der Waals surface area contributed by atoms with Gasteiger partial charge < -0.3 is 14.8 Å². The summed E-state index contributed by atoms with van der Waals surface area (Å²) in [5.74, 6) is 1.15. The first kappa shape index (κ1) is 16.1. The van der Waals surface area contributed by atoms with Crippen molar-refractivity contribution in [1.82, 2.24) is 20.4 Å². The van der Waals surface area contributed by atoms with E-state index in [4.69, 9.17) is 4.52 Å². The molecule has 0 bridgehead atoms. The topological polar surface area (TPSA) is 83.8 Å². The number of nitrogens with zero attached hydrogens (tertiary/aromatic N) is 2. The molecule has 0 unspecified atom stereocenters. The fourth-order valence-corrected chi connectivity index (χ4v) is 2.94. The Labute approximate surface area is 150 Å². The first-order valence-electron chi connectivity index (χ1n) is 8.46. The zero-order valence-electron chi connectivity index (χ0n) is 14.3. The zero-order chi connectivity index (χ0) is 17.9. The summed E-state index contributed by atoms with van der Waals surface area (Å²) in [6.07, 6.45) is 0.616. The molecule has 0 aliphatic carbocycles. The molecular formula is C20H18N4O2. The molecular weight excluding hydrogens is 328 g/mol. The Morgan fingerprint density at radius 3 is 2.69 bits per heavy atom. The Balaban J connectivity index is 1.46. The van der Waals surface area contributed by atoms with Gasteiger partial charge in [-0.05, 0) is 19.1 Å². The van der Waals surface area contributed by atoms with Gasteiger partial charge in [0.2, 0.25) is 0 Å².